The van der Waals surface area contributed by atoms with Crippen molar-refractivity contribution in [3.8, 4) is 0 Å². The van der Waals surface area contributed by atoms with E-state index in [2.05, 4.69) is 62.5 Å². The number of allylic oxidation sites excluding steroid dienone is 8. The van der Waals surface area contributed by atoms with Crippen LogP contribution in [0.1, 0.15) is 181 Å². The van der Waals surface area contributed by atoms with Crippen LogP contribution in [0.3, 0.4) is 0 Å². The summed E-state index contributed by atoms with van der Waals surface area (Å²) >= 11 is 0. The smallest absolute Gasteiger partial charge is 0.462 e. The molecule has 0 aliphatic carbocycles. The van der Waals surface area contributed by atoms with E-state index in [9.17, 15) is 19.0 Å². The molecule has 0 spiro atoms. The predicted octanol–water partition coefficient (Wildman–Crippen LogP) is 11.9. The number of nitrogens with two attached hydrogens (primary N) is 1. The lowest BCUT2D eigenvalue weighted by molar-refractivity contribution is -0.161. The summed E-state index contributed by atoms with van der Waals surface area (Å²) in [6.07, 6.45) is 44.3. The van der Waals surface area contributed by atoms with Crippen molar-refractivity contribution in [2.75, 3.05) is 26.4 Å². The van der Waals surface area contributed by atoms with Gasteiger partial charge < -0.3 is 20.1 Å². The summed E-state index contributed by atoms with van der Waals surface area (Å²) in [5, 5.41) is 0. The molecule has 0 rings (SSSR count). The zero-order valence-corrected chi connectivity index (χ0v) is 34.6. The Bertz CT molecular complexity index is 1010. The number of hydrogen-bond donors (Lipinski definition) is 2. The second-order valence-electron chi connectivity index (χ2n) is 13.8. The average molecular weight is 768 g/mol. The third kappa shape index (κ3) is 39.5. The van der Waals surface area contributed by atoms with Crippen LogP contribution in [-0.4, -0.2) is 49.3 Å². The van der Waals surface area contributed by atoms with Gasteiger partial charge in [0, 0.05) is 19.4 Å². The maximum atomic E-state index is 12.6. The molecule has 0 amide bonds. The van der Waals surface area contributed by atoms with Gasteiger partial charge in [-0.25, -0.2) is 4.57 Å². The van der Waals surface area contributed by atoms with Gasteiger partial charge in [0.1, 0.15) is 6.61 Å². The molecule has 1 unspecified atom stereocenters. The fourth-order valence-electron chi connectivity index (χ4n) is 5.53. The molecule has 0 aliphatic heterocycles. The number of ether oxygens (including phenoxy) is 2. The molecular formula is C43H78NO8P. The average Bonchev–Trinajstić information content (AvgIpc) is 3.14. The van der Waals surface area contributed by atoms with Crippen molar-refractivity contribution in [3.05, 3.63) is 48.6 Å². The van der Waals surface area contributed by atoms with Gasteiger partial charge in [-0.05, 0) is 70.6 Å². The van der Waals surface area contributed by atoms with Gasteiger partial charge in [-0.15, -0.1) is 0 Å². The summed E-state index contributed by atoms with van der Waals surface area (Å²) in [6, 6.07) is 0. The summed E-state index contributed by atoms with van der Waals surface area (Å²) in [4.78, 5) is 34.8. The Kier molecular flexibility index (Phi) is 38.1. The molecule has 0 aromatic rings. The normalized spacial score (nSPS) is 13.8. The number of hydrogen-bond acceptors (Lipinski definition) is 8. The van der Waals surface area contributed by atoms with E-state index < -0.39 is 32.5 Å². The number of esters is 2. The molecule has 0 fully saturated rings. The summed E-state index contributed by atoms with van der Waals surface area (Å²) in [5.74, 6) is -0.901. The van der Waals surface area contributed by atoms with Gasteiger partial charge in [-0.2, -0.15) is 0 Å². The molecule has 0 aliphatic rings. The van der Waals surface area contributed by atoms with Crippen LogP contribution in [0.2, 0.25) is 0 Å². The van der Waals surface area contributed by atoms with Crippen LogP contribution in [-0.2, 0) is 32.7 Å². The summed E-state index contributed by atoms with van der Waals surface area (Å²) < 4.78 is 32.7. The van der Waals surface area contributed by atoms with Crippen molar-refractivity contribution in [2.45, 2.75) is 187 Å². The van der Waals surface area contributed by atoms with Crippen LogP contribution in [0, 0.1) is 0 Å². The van der Waals surface area contributed by atoms with Gasteiger partial charge in [0.25, 0.3) is 0 Å². The maximum Gasteiger partial charge on any atom is 0.472 e. The molecule has 0 aromatic heterocycles. The van der Waals surface area contributed by atoms with E-state index in [-0.39, 0.29) is 32.6 Å². The van der Waals surface area contributed by atoms with Gasteiger partial charge in [0.2, 0.25) is 0 Å². The van der Waals surface area contributed by atoms with Crippen molar-refractivity contribution in [3.63, 3.8) is 0 Å². The van der Waals surface area contributed by atoms with Gasteiger partial charge in [0.15, 0.2) is 6.10 Å². The largest absolute Gasteiger partial charge is 0.472 e. The van der Waals surface area contributed by atoms with Crippen LogP contribution in [0.15, 0.2) is 48.6 Å². The first-order valence-electron chi connectivity index (χ1n) is 21.1. The Morgan fingerprint density at radius 1 is 0.566 bits per heavy atom. The number of carbonyl (C=O) groups is 2. The Labute approximate surface area is 324 Å². The summed E-state index contributed by atoms with van der Waals surface area (Å²) in [5.41, 5.74) is 5.34. The van der Waals surface area contributed by atoms with Crippen molar-refractivity contribution in [2.24, 2.45) is 5.73 Å². The minimum absolute atomic E-state index is 0.0444. The van der Waals surface area contributed by atoms with Crippen molar-refractivity contribution >= 4 is 19.8 Å². The molecule has 0 radical (unpaired) electrons. The Balaban J connectivity index is 4.27. The maximum absolute atomic E-state index is 12.6. The Hall–Kier alpha value is -2.03. The molecular weight excluding hydrogens is 689 g/mol. The fraction of sp³-hybridized carbons (Fsp3) is 0.767. The lowest BCUT2D eigenvalue weighted by Crippen LogP contribution is -2.29. The molecule has 0 aromatic carbocycles. The molecule has 308 valence electrons. The number of unbranched alkanes of at least 4 members (excludes halogenated alkanes) is 18. The SMILES string of the molecule is CCCCCCCC/C=C\C/C=C\C/C=C\CCCC(=O)OC[C@H](COP(=O)(O)OCCN)OC(=O)CCCCCCC/C=C\CCCCCCCC. The highest BCUT2D eigenvalue weighted by atomic mass is 31.2. The van der Waals surface area contributed by atoms with Crippen LogP contribution in [0.4, 0.5) is 0 Å². The number of carbonyl (C=O) groups excluding carboxylic acids is 2. The van der Waals surface area contributed by atoms with Crippen LogP contribution < -0.4 is 5.73 Å². The minimum atomic E-state index is -4.39. The van der Waals surface area contributed by atoms with Crippen molar-refractivity contribution in [1.29, 1.82) is 0 Å². The van der Waals surface area contributed by atoms with E-state index in [4.69, 9.17) is 24.3 Å². The third-order valence-electron chi connectivity index (χ3n) is 8.69. The molecule has 2 atom stereocenters. The van der Waals surface area contributed by atoms with Gasteiger partial charge >= 0.3 is 19.8 Å². The first kappa shape index (κ1) is 51.0. The van der Waals surface area contributed by atoms with E-state index in [0.717, 1.165) is 57.8 Å². The molecule has 0 saturated carbocycles. The molecule has 53 heavy (non-hydrogen) atoms. The van der Waals surface area contributed by atoms with Crippen LogP contribution in [0.25, 0.3) is 0 Å². The highest BCUT2D eigenvalue weighted by Gasteiger charge is 2.25. The lowest BCUT2D eigenvalue weighted by Gasteiger charge is -2.19. The van der Waals surface area contributed by atoms with E-state index in [1.54, 1.807) is 0 Å². The quantitative estimate of drug-likeness (QED) is 0.0271. The third-order valence-corrected chi connectivity index (χ3v) is 9.67. The second-order valence-corrected chi connectivity index (χ2v) is 15.3. The van der Waals surface area contributed by atoms with E-state index in [1.807, 2.05) is 0 Å². The molecule has 3 N–H and O–H groups in total. The monoisotopic (exact) mass is 768 g/mol. The molecule has 0 saturated heterocycles. The Morgan fingerprint density at radius 3 is 1.53 bits per heavy atom. The first-order chi connectivity index (χ1) is 25.8. The van der Waals surface area contributed by atoms with Gasteiger partial charge in [0.05, 0.1) is 13.2 Å². The highest BCUT2D eigenvalue weighted by Crippen LogP contribution is 2.43. The predicted molar refractivity (Wildman–Crippen MR) is 220 cm³/mol. The standard InChI is InChI=1S/C43H78NO8P/c1-3-5-7-9-11-13-15-17-19-20-22-23-25-27-29-31-33-35-42(45)49-39-41(40-51-53(47,48)50-38-37-44)52-43(46)36-34-32-30-28-26-24-21-18-16-14-12-10-8-6-4-2/h17-19,21-23,27,29,41H,3-16,20,24-26,28,30-40,44H2,1-2H3,(H,47,48)/b19-17-,21-18-,23-22-,29-27-/t41-/m1/s1. The molecule has 10 heteroatoms. The van der Waals surface area contributed by atoms with Crippen LogP contribution >= 0.6 is 7.82 Å². The second kappa shape index (κ2) is 39.7. The van der Waals surface area contributed by atoms with Crippen LogP contribution in [0.5, 0.6) is 0 Å². The zero-order valence-electron chi connectivity index (χ0n) is 33.7. The number of rotatable bonds is 39. The Morgan fingerprint density at radius 2 is 1.00 bits per heavy atom. The number of phosphoric ester groups is 1. The highest BCUT2D eigenvalue weighted by molar-refractivity contribution is 7.47. The fourth-order valence-corrected chi connectivity index (χ4v) is 6.29. The first-order valence-corrected chi connectivity index (χ1v) is 22.6. The van der Waals surface area contributed by atoms with Crippen molar-refractivity contribution < 1.29 is 37.6 Å². The van der Waals surface area contributed by atoms with Crippen molar-refractivity contribution in [1.82, 2.24) is 0 Å². The topological polar surface area (TPSA) is 134 Å². The minimum Gasteiger partial charge on any atom is -0.462 e. The molecule has 0 heterocycles. The molecule has 0 bridgehead atoms. The number of phosphoric acid groups is 1. The van der Waals surface area contributed by atoms with Gasteiger partial charge in [-0.3, -0.25) is 18.6 Å². The summed E-state index contributed by atoms with van der Waals surface area (Å²) in [7, 11) is -4.39. The van der Waals surface area contributed by atoms with E-state index in [1.165, 1.54) is 83.5 Å². The van der Waals surface area contributed by atoms with E-state index in [0.29, 0.717) is 12.8 Å². The summed E-state index contributed by atoms with van der Waals surface area (Å²) in [6.45, 7) is 3.65. The zero-order chi connectivity index (χ0) is 38.9. The van der Waals surface area contributed by atoms with Gasteiger partial charge in [-0.1, -0.05) is 146 Å². The molecule has 9 nitrogen and oxygen atoms in total. The lowest BCUT2D eigenvalue weighted by atomic mass is 10.1. The van der Waals surface area contributed by atoms with E-state index >= 15 is 0 Å².